The molecule has 0 spiro atoms. The van der Waals surface area contributed by atoms with Gasteiger partial charge in [0.25, 0.3) is 0 Å². The minimum Gasteiger partial charge on any atom is -0.497 e. The van der Waals surface area contributed by atoms with Crippen molar-refractivity contribution in [3.8, 4) is 5.75 Å². The summed E-state index contributed by atoms with van der Waals surface area (Å²) in [5.41, 5.74) is 1.58. The molecule has 0 aliphatic carbocycles. The van der Waals surface area contributed by atoms with Crippen molar-refractivity contribution in [1.29, 1.82) is 0 Å². The van der Waals surface area contributed by atoms with Crippen molar-refractivity contribution in [3.63, 3.8) is 0 Å². The highest BCUT2D eigenvalue weighted by molar-refractivity contribution is 5.48. The van der Waals surface area contributed by atoms with Gasteiger partial charge in [0.05, 0.1) is 12.6 Å². The molecule has 2 nitrogen and oxygen atoms in total. The molecular formula is C16H18FNO. The molecule has 19 heavy (non-hydrogen) atoms. The minimum absolute atomic E-state index is 0.240. The Morgan fingerprint density at radius 1 is 1.05 bits per heavy atom. The summed E-state index contributed by atoms with van der Waals surface area (Å²) < 4.78 is 18.3. The second kappa shape index (κ2) is 5.31. The number of methoxy groups -OCH3 is 1. The van der Waals surface area contributed by atoms with Crippen molar-refractivity contribution in [2.24, 2.45) is 0 Å². The molecule has 100 valence electrons. The van der Waals surface area contributed by atoms with Gasteiger partial charge in [-0.05, 0) is 49.7 Å². The van der Waals surface area contributed by atoms with Gasteiger partial charge in [-0.15, -0.1) is 0 Å². The Labute approximate surface area is 113 Å². The van der Waals surface area contributed by atoms with Gasteiger partial charge in [-0.3, -0.25) is 0 Å². The van der Waals surface area contributed by atoms with E-state index in [1.54, 1.807) is 13.2 Å². The van der Waals surface area contributed by atoms with E-state index in [4.69, 9.17) is 4.74 Å². The Kier molecular flexibility index (Phi) is 3.74. The molecule has 0 saturated heterocycles. The van der Waals surface area contributed by atoms with Gasteiger partial charge in [0.15, 0.2) is 0 Å². The fourth-order valence-electron chi connectivity index (χ4n) is 2.01. The normalized spacial score (nSPS) is 11.2. The number of anilines is 1. The monoisotopic (exact) mass is 259 g/mol. The summed E-state index contributed by atoms with van der Waals surface area (Å²) >= 11 is 0. The Bertz CT molecular complexity index is 549. The average Bonchev–Trinajstić information content (AvgIpc) is 2.38. The highest BCUT2D eigenvalue weighted by Crippen LogP contribution is 2.27. The summed E-state index contributed by atoms with van der Waals surface area (Å²) in [4.78, 5) is 0. The van der Waals surface area contributed by atoms with Gasteiger partial charge in [-0.1, -0.05) is 18.2 Å². The maximum Gasteiger partial charge on any atom is 0.125 e. The number of hydrogen-bond donors (Lipinski definition) is 1. The van der Waals surface area contributed by atoms with Crippen LogP contribution >= 0.6 is 0 Å². The van der Waals surface area contributed by atoms with Crippen LogP contribution in [0.3, 0.4) is 0 Å². The van der Waals surface area contributed by atoms with Crippen LogP contribution in [0.1, 0.15) is 19.4 Å². The van der Waals surface area contributed by atoms with Gasteiger partial charge in [0.2, 0.25) is 0 Å². The standard InChI is InChI=1S/C16H18FNO/c1-16(2,12-7-9-15(19-3)10-8-12)18-14-6-4-5-13(17)11-14/h4-11,18H,1-3H3. The summed E-state index contributed by atoms with van der Waals surface area (Å²) in [5.74, 6) is 0.584. The Morgan fingerprint density at radius 3 is 2.32 bits per heavy atom. The first-order chi connectivity index (χ1) is 9.01. The molecule has 0 radical (unpaired) electrons. The molecule has 0 amide bonds. The summed E-state index contributed by atoms with van der Waals surface area (Å²) in [6.45, 7) is 4.11. The molecule has 0 heterocycles. The van der Waals surface area contributed by atoms with Crippen LogP contribution < -0.4 is 10.1 Å². The fraction of sp³-hybridized carbons (Fsp3) is 0.250. The van der Waals surface area contributed by atoms with Crippen molar-refractivity contribution in [3.05, 3.63) is 59.9 Å². The highest BCUT2D eigenvalue weighted by Gasteiger charge is 2.20. The van der Waals surface area contributed by atoms with Crippen molar-refractivity contribution >= 4 is 5.69 Å². The van der Waals surface area contributed by atoms with Crippen molar-refractivity contribution in [2.45, 2.75) is 19.4 Å². The predicted molar refractivity (Wildman–Crippen MR) is 76.0 cm³/mol. The summed E-state index contributed by atoms with van der Waals surface area (Å²) in [6, 6.07) is 14.3. The van der Waals surface area contributed by atoms with Gasteiger partial charge >= 0.3 is 0 Å². The van der Waals surface area contributed by atoms with Crippen LogP contribution in [-0.4, -0.2) is 7.11 Å². The molecule has 3 heteroatoms. The fourth-order valence-corrected chi connectivity index (χ4v) is 2.01. The highest BCUT2D eigenvalue weighted by atomic mass is 19.1. The molecule has 2 rings (SSSR count). The SMILES string of the molecule is COc1ccc(C(C)(C)Nc2cccc(F)c2)cc1. The van der Waals surface area contributed by atoms with Crippen LogP contribution in [0.4, 0.5) is 10.1 Å². The van der Waals surface area contributed by atoms with E-state index in [2.05, 4.69) is 19.2 Å². The van der Waals surface area contributed by atoms with Crippen LogP contribution in [0.25, 0.3) is 0 Å². The maximum atomic E-state index is 13.2. The Morgan fingerprint density at radius 2 is 1.74 bits per heavy atom. The Balaban J connectivity index is 2.21. The molecule has 0 unspecified atom stereocenters. The number of halogens is 1. The predicted octanol–water partition coefficient (Wildman–Crippen LogP) is 4.18. The first-order valence-electron chi connectivity index (χ1n) is 6.19. The van der Waals surface area contributed by atoms with Crippen molar-refractivity contribution in [1.82, 2.24) is 0 Å². The first-order valence-corrected chi connectivity index (χ1v) is 6.19. The van der Waals surface area contributed by atoms with Crippen molar-refractivity contribution < 1.29 is 9.13 Å². The zero-order valence-electron chi connectivity index (χ0n) is 11.4. The number of benzene rings is 2. The Hall–Kier alpha value is -2.03. The molecular weight excluding hydrogens is 241 g/mol. The molecule has 0 aromatic heterocycles. The van der Waals surface area contributed by atoms with Crippen LogP contribution in [0.2, 0.25) is 0 Å². The zero-order chi connectivity index (χ0) is 13.9. The lowest BCUT2D eigenvalue weighted by molar-refractivity contribution is 0.414. The van der Waals surface area contributed by atoms with Crippen LogP contribution in [-0.2, 0) is 5.54 Å². The van der Waals surface area contributed by atoms with E-state index in [-0.39, 0.29) is 11.4 Å². The molecule has 1 N–H and O–H groups in total. The largest absolute Gasteiger partial charge is 0.497 e. The number of ether oxygens (including phenoxy) is 1. The molecule has 2 aromatic carbocycles. The van der Waals surface area contributed by atoms with Gasteiger partial charge in [0.1, 0.15) is 11.6 Å². The van der Waals surface area contributed by atoms with Gasteiger partial charge in [-0.25, -0.2) is 4.39 Å². The van der Waals surface area contributed by atoms with Gasteiger partial charge in [0, 0.05) is 5.69 Å². The van der Waals surface area contributed by atoms with E-state index in [1.165, 1.54) is 12.1 Å². The van der Waals surface area contributed by atoms with Crippen LogP contribution in [0.15, 0.2) is 48.5 Å². The number of rotatable bonds is 4. The topological polar surface area (TPSA) is 21.3 Å². The third kappa shape index (κ3) is 3.25. The molecule has 0 aliphatic heterocycles. The van der Waals surface area contributed by atoms with E-state index in [1.807, 2.05) is 30.3 Å². The third-order valence-electron chi connectivity index (χ3n) is 3.09. The minimum atomic E-state index is -0.292. The van der Waals surface area contributed by atoms with Crippen LogP contribution in [0, 0.1) is 5.82 Å². The molecule has 0 atom stereocenters. The van der Waals surface area contributed by atoms with E-state index >= 15 is 0 Å². The molecule has 2 aromatic rings. The number of nitrogens with one attached hydrogen (secondary N) is 1. The quantitative estimate of drug-likeness (QED) is 0.889. The third-order valence-corrected chi connectivity index (χ3v) is 3.09. The summed E-state index contributed by atoms with van der Waals surface area (Å²) in [7, 11) is 1.64. The summed E-state index contributed by atoms with van der Waals surface area (Å²) in [6.07, 6.45) is 0. The maximum absolute atomic E-state index is 13.2. The van der Waals surface area contributed by atoms with Crippen molar-refractivity contribution in [2.75, 3.05) is 12.4 Å². The molecule has 0 aliphatic rings. The second-order valence-electron chi connectivity index (χ2n) is 4.99. The van der Waals surface area contributed by atoms with Gasteiger partial charge in [-0.2, -0.15) is 0 Å². The van der Waals surface area contributed by atoms with Gasteiger partial charge < -0.3 is 10.1 Å². The van der Waals surface area contributed by atoms with Crippen LogP contribution in [0.5, 0.6) is 5.75 Å². The lowest BCUT2D eigenvalue weighted by Gasteiger charge is -2.28. The average molecular weight is 259 g/mol. The second-order valence-corrected chi connectivity index (χ2v) is 4.99. The number of hydrogen-bond acceptors (Lipinski definition) is 2. The summed E-state index contributed by atoms with van der Waals surface area (Å²) in [5, 5.41) is 3.33. The van der Waals surface area contributed by atoms with E-state index in [9.17, 15) is 4.39 Å². The van der Waals surface area contributed by atoms with E-state index < -0.39 is 0 Å². The van der Waals surface area contributed by atoms with E-state index in [0.717, 1.165) is 17.0 Å². The smallest absolute Gasteiger partial charge is 0.125 e. The zero-order valence-corrected chi connectivity index (χ0v) is 11.4. The lowest BCUT2D eigenvalue weighted by atomic mass is 9.94. The molecule has 0 saturated carbocycles. The molecule has 0 bridgehead atoms. The first kappa shape index (κ1) is 13.4. The lowest BCUT2D eigenvalue weighted by Crippen LogP contribution is -2.27. The molecule has 0 fully saturated rings. The van der Waals surface area contributed by atoms with E-state index in [0.29, 0.717) is 0 Å².